The lowest BCUT2D eigenvalue weighted by Gasteiger charge is -1.95. The zero-order chi connectivity index (χ0) is 8.15. The molecule has 10 heavy (non-hydrogen) atoms. The van der Waals surface area contributed by atoms with Gasteiger partial charge in [-0.1, -0.05) is 23.2 Å². The molecule has 0 heterocycles. The van der Waals surface area contributed by atoms with Crippen molar-refractivity contribution in [1.29, 1.82) is 0 Å². The molecule has 0 saturated carbocycles. The molecule has 0 aromatic heterocycles. The highest BCUT2D eigenvalue weighted by atomic mass is 35.5. The average molecular weight is 185 g/mol. The van der Waals surface area contributed by atoms with Crippen LogP contribution < -0.4 is 0 Å². The van der Waals surface area contributed by atoms with Gasteiger partial charge in [0.25, 0.3) is 0 Å². The Morgan fingerprint density at radius 2 is 1.80 bits per heavy atom. The lowest BCUT2D eigenvalue weighted by atomic mass is 10.2. The molecular weight excluding hydrogens is 179 g/mol. The first-order chi connectivity index (χ1) is 4.54. The first-order valence-electron chi connectivity index (χ1n) is 2.56. The van der Waals surface area contributed by atoms with Crippen molar-refractivity contribution in [3.8, 4) is 0 Å². The van der Waals surface area contributed by atoms with Crippen molar-refractivity contribution in [2.75, 3.05) is 0 Å². The Labute approximate surface area is 67.9 Å². The number of rotatable bonds is 4. The number of halogens is 2. The zero-order valence-corrected chi connectivity index (χ0v) is 6.52. The Morgan fingerprint density at radius 3 is 2.10 bits per heavy atom. The first kappa shape index (κ1) is 9.72. The minimum absolute atomic E-state index is 0.104. The summed E-state index contributed by atoms with van der Waals surface area (Å²) in [6, 6.07) is 0. The fourth-order valence-corrected chi connectivity index (χ4v) is 0.557. The largest absolute Gasteiger partial charge is 0.481 e. The Morgan fingerprint density at radius 1 is 1.30 bits per heavy atom. The van der Waals surface area contributed by atoms with Gasteiger partial charge in [0.1, 0.15) is 0 Å². The highest BCUT2D eigenvalue weighted by Gasteiger charge is 2.12. The van der Waals surface area contributed by atoms with Crippen LogP contribution in [0.5, 0.6) is 0 Å². The number of carboxylic acids is 1. The Hall–Kier alpha value is -0.280. The summed E-state index contributed by atoms with van der Waals surface area (Å²) in [5.41, 5.74) is 0. The van der Waals surface area contributed by atoms with Gasteiger partial charge in [-0.25, -0.2) is 0 Å². The number of Topliss-reactive ketones (excluding diaryl/α,β-unsaturated/α-hetero) is 1. The third-order valence-electron chi connectivity index (χ3n) is 0.829. The van der Waals surface area contributed by atoms with Crippen molar-refractivity contribution >= 4 is 35.0 Å². The molecule has 0 unspecified atom stereocenters. The van der Waals surface area contributed by atoms with Crippen molar-refractivity contribution in [3.63, 3.8) is 0 Å². The van der Waals surface area contributed by atoms with Crippen LogP contribution in [-0.4, -0.2) is 21.7 Å². The van der Waals surface area contributed by atoms with Gasteiger partial charge < -0.3 is 5.11 Å². The van der Waals surface area contributed by atoms with E-state index in [0.29, 0.717) is 0 Å². The zero-order valence-electron chi connectivity index (χ0n) is 5.01. The van der Waals surface area contributed by atoms with Crippen LogP contribution in [0.25, 0.3) is 0 Å². The average Bonchev–Trinajstić information content (AvgIpc) is 1.82. The molecule has 0 fully saturated rings. The number of alkyl halides is 2. The second-order valence-corrected chi connectivity index (χ2v) is 2.76. The van der Waals surface area contributed by atoms with E-state index in [1.54, 1.807) is 0 Å². The highest BCUT2D eigenvalue weighted by Crippen LogP contribution is 2.06. The van der Waals surface area contributed by atoms with Gasteiger partial charge in [0.2, 0.25) is 0 Å². The standard InChI is InChI=1S/C5H6Cl2O3/c6-5(7)3(8)1-2-4(9)10/h5H,1-2H2,(H,9,10). The van der Waals surface area contributed by atoms with Gasteiger partial charge in [-0.15, -0.1) is 0 Å². The van der Waals surface area contributed by atoms with Crippen LogP contribution >= 0.6 is 23.2 Å². The smallest absolute Gasteiger partial charge is 0.303 e. The molecule has 1 N–H and O–H groups in total. The summed E-state index contributed by atoms with van der Waals surface area (Å²) in [4.78, 5) is 19.3. The number of carbonyl (C=O) groups excluding carboxylic acids is 1. The molecule has 0 radical (unpaired) electrons. The predicted molar refractivity (Wildman–Crippen MR) is 37.4 cm³/mol. The summed E-state index contributed by atoms with van der Waals surface area (Å²) in [5, 5.41) is 8.11. The molecule has 0 atom stereocenters. The van der Waals surface area contributed by atoms with E-state index in [9.17, 15) is 9.59 Å². The molecule has 0 aliphatic rings. The lowest BCUT2D eigenvalue weighted by molar-refractivity contribution is -0.138. The summed E-state index contributed by atoms with van der Waals surface area (Å²) in [6.07, 6.45) is -0.318. The van der Waals surface area contributed by atoms with E-state index in [-0.39, 0.29) is 12.8 Å². The fourth-order valence-electron chi connectivity index (χ4n) is 0.339. The van der Waals surface area contributed by atoms with Gasteiger partial charge in [0.15, 0.2) is 10.6 Å². The number of aliphatic carboxylic acids is 1. The SMILES string of the molecule is O=C(O)CCC(=O)C(Cl)Cl. The summed E-state index contributed by atoms with van der Waals surface area (Å²) < 4.78 is 0. The van der Waals surface area contributed by atoms with E-state index in [4.69, 9.17) is 28.3 Å². The summed E-state index contributed by atoms with van der Waals surface area (Å²) in [6.45, 7) is 0. The van der Waals surface area contributed by atoms with Gasteiger partial charge in [0, 0.05) is 6.42 Å². The normalized spacial score (nSPS) is 9.90. The molecule has 3 nitrogen and oxygen atoms in total. The summed E-state index contributed by atoms with van der Waals surface area (Å²) in [5.74, 6) is -1.48. The van der Waals surface area contributed by atoms with Gasteiger partial charge in [-0.3, -0.25) is 9.59 Å². The number of ketones is 1. The number of carboxylic acid groups (broad SMARTS) is 1. The van der Waals surface area contributed by atoms with Gasteiger partial charge in [-0.2, -0.15) is 0 Å². The maximum absolute atomic E-state index is 10.5. The molecule has 0 aliphatic carbocycles. The molecule has 5 heteroatoms. The number of carbonyl (C=O) groups is 2. The number of hydrogen-bond acceptors (Lipinski definition) is 2. The number of hydrogen-bond donors (Lipinski definition) is 1. The quantitative estimate of drug-likeness (QED) is 0.670. The minimum Gasteiger partial charge on any atom is -0.481 e. The predicted octanol–water partition coefficient (Wildman–Crippen LogP) is 1.22. The topological polar surface area (TPSA) is 54.4 Å². The molecule has 0 bridgehead atoms. The van der Waals surface area contributed by atoms with Crippen LogP contribution in [0.4, 0.5) is 0 Å². The summed E-state index contributed by atoms with van der Waals surface area (Å²) in [7, 11) is 0. The van der Waals surface area contributed by atoms with Crippen LogP contribution in [0.1, 0.15) is 12.8 Å². The maximum Gasteiger partial charge on any atom is 0.303 e. The molecule has 0 rings (SSSR count). The van der Waals surface area contributed by atoms with Crippen LogP contribution in [0.2, 0.25) is 0 Å². The molecule has 0 aromatic carbocycles. The molecule has 0 saturated heterocycles. The molecular formula is C5H6Cl2O3. The van der Waals surface area contributed by atoms with Gasteiger partial charge in [-0.05, 0) is 0 Å². The van der Waals surface area contributed by atoms with E-state index in [1.165, 1.54) is 0 Å². The van der Waals surface area contributed by atoms with Crippen molar-refractivity contribution in [2.24, 2.45) is 0 Å². The van der Waals surface area contributed by atoms with Crippen LogP contribution in [-0.2, 0) is 9.59 Å². The Bertz CT molecular complexity index is 144. The minimum atomic E-state index is -1.10. The van der Waals surface area contributed by atoms with Crippen molar-refractivity contribution in [3.05, 3.63) is 0 Å². The van der Waals surface area contributed by atoms with E-state index >= 15 is 0 Å². The van der Waals surface area contributed by atoms with Crippen molar-refractivity contribution in [2.45, 2.75) is 17.7 Å². The fraction of sp³-hybridized carbons (Fsp3) is 0.600. The van der Waals surface area contributed by atoms with E-state index in [2.05, 4.69) is 0 Å². The molecule has 0 aliphatic heterocycles. The third kappa shape index (κ3) is 4.58. The molecule has 0 amide bonds. The van der Waals surface area contributed by atoms with Crippen molar-refractivity contribution < 1.29 is 14.7 Å². The monoisotopic (exact) mass is 184 g/mol. The lowest BCUT2D eigenvalue weighted by Crippen LogP contribution is -2.09. The van der Waals surface area contributed by atoms with E-state index in [0.717, 1.165) is 0 Å². The maximum atomic E-state index is 10.5. The highest BCUT2D eigenvalue weighted by molar-refractivity contribution is 6.53. The van der Waals surface area contributed by atoms with Crippen LogP contribution in [0.3, 0.4) is 0 Å². The second-order valence-electron chi connectivity index (χ2n) is 1.66. The second kappa shape index (κ2) is 4.52. The molecule has 0 aromatic rings. The Balaban J connectivity index is 3.50. The summed E-state index contributed by atoms with van der Waals surface area (Å²) >= 11 is 10.3. The molecule has 58 valence electrons. The first-order valence-corrected chi connectivity index (χ1v) is 3.44. The third-order valence-corrected chi connectivity index (χ3v) is 1.32. The van der Waals surface area contributed by atoms with Gasteiger partial charge >= 0.3 is 5.97 Å². The van der Waals surface area contributed by atoms with Crippen LogP contribution in [0.15, 0.2) is 0 Å². The van der Waals surface area contributed by atoms with Crippen LogP contribution in [0, 0.1) is 0 Å². The van der Waals surface area contributed by atoms with E-state index in [1.807, 2.05) is 0 Å². The van der Waals surface area contributed by atoms with Crippen molar-refractivity contribution in [1.82, 2.24) is 0 Å². The van der Waals surface area contributed by atoms with Gasteiger partial charge in [0.05, 0.1) is 6.42 Å². The van der Waals surface area contributed by atoms with E-state index < -0.39 is 16.6 Å². The Kier molecular flexibility index (Phi) is 4.40. The molecule has 0 spiro atoms.